The molecule has 1 spiro atoms. The first-order valence-electron chi connectivity index (χ1n) is 16.2. The van der Waals surface area contributed by atoms with Crippen molar-refractivity contribution in [3.63, 3.8) is 0 Å². The lowest BCUT2D eigenvalue weighted by Gasteiger charge is -2.61. The highest BCUT2D eigenvalue weighted by atomic mass is 16.7. The van der Waals surface area contributed by atoms with Gasteiger partial charge in [-0.3, -0.25) is 4.79 Å². The van der Waals surface area contributed by atoms with Crippen molar-refractivity contribution in [1.82, 2.24) is 4.90 Å². The van der Waals surface area contributed by atoms with Crippen molar-refractivity contribution in [1.29, 1.82) is 0 Å². The Morgan fingerprint density at radius 1 is 0.938 bits per heavy atom. The number of hydrogen-bond donors (Lipinski definition) is 1. The van der Waals surface area contributed by atoms with Crippen molar-refractivity contribution >= 4 is 24.2 Å². The van der Waals surface area contributed by atoms with Gasteiger partial charge in [0.1, 0.15) is 22.6 Å². The molecular formula is C35H47NO12. The number of nitrogens with zero attached hydrogens (tertiary/aromatic N) is 1. The topological polar surface area (TPSA) is 156 Å². The summed E-state index contributed by atoms with van der Waals surface area (Å²) >= 11 is 0. The minimum absolute atomic E-state index is 0.0715. The van der Waals surface area contributed by atoms with Gasteiger partial charge in [0.05, 0.1) is 17.4 Å². The predicted octanol–water partition coefficient (Wildman–Crippen LogP) is 4.87. The zero-order valence-corrected chi connectivity index (χ0v) is 29.4. The van der Waals surface area contributed by atoms with Gasteiger partial charge in [-0.2, -0.15) is 0 Å². The van der Waals surface area contributed by atoms with Crippen LogP contribution in [-0.4, -0.2) is 88.5 Å². The lowest BCUT2D eigenvalue weighted by molar-refractivity contribution is -0.175. The number of esters is 2. The zero-order valence-electron chi connectivity index (χ0n) is 29.4. The molecule has 1 fully saturated rings. The molecule has 2 bridgehead atoms. The number of aliphatic hydroxyl groups is 1. The van der Waals surface area contributed by atoms with Crippen LogP contribution in [0.4, 0.5) is 9.59 Å². The van der Waals surface area contributed by atoms with Crippen molar-refractivity contribution < 1.29 is 57.4 Å². The van der Waals surface area contributed by atoms with E-state index in [-0.39, 0.29) is 29.7 Å². The molecule has 0 radical (unpaired) electrons. The Labute approximate surface area is 280 Å². The molecule has 13 heteroatoms. The first-order valence-corrected chi connectivity index (χ1v) is 16.2. The monoisotopic (exact) mass is 673 g/mol. The van der Waals surface area contributed by atoms with E-state index in [9.17, 15) is 24.3 Å². The van der Waals surface area contributed by atoms with Crippen LogP contribution in [0.25, 0.3) is 0 Å². The van der Waals surface area contributed by atoms with Crippen LogP contribution in [0.1, 0.15) is 92.7 Å². The lowest BCUT2D eigenvalue weighted by atomic mass is 9.50. The summed E-state index contributed by atoms with van der Waals surface area (Å²) in [4.78, 5) is 54.1. The standard InChI is InChI=1S/C35H47NO12/c1-31(2,3)46-24(37)18-22(44-30(40)48-33(7,8)9)28(38)42-21-13-14-35(41)23-17-19-11-12-20(43-29(39)47-32(4,5)6)26-25(19)34(35,27(21)45-26)15-16-36(23)10/h11-13,22-23,27,41H,14-18H2,1-10H3/t22-,23+,27-,34-,35+/m0/s1. The van der Waals surface area contributed by atoms with E-state index < -0.39 is 70.7 Å². The summed E-state index contributed by atoms with van der Waals surface area (Å²) in [5.41, 5.74) is -3.39. The van der Waals surface area contributed by atoms with Crippen LogP contribution >= 0.6 is 0 Å². The fraction of sp³-hybridized carbons (Fsp3) is 0.657. The van der Waals surface area contributed by atoms with Gasteiger partial charge in [0.15, 0.2) is 17.6 Å². The second-order valence-electron chi connectivity index (χ2n) is 15.9. The maximum absolute atomic E-state index is 13.8. The van der Waals surface area contributed by atoms with Crippen molar-refractivity contribution in [2.24, 2.45) is 0 Å². The maximum atomic E-state index is 13.8. The first-order chi connectivity index (χ1) is 22.0. The minimum atomic E-state index is -1.71. The Hall–Kier alpha value is -3.84. The van der Waals surface area contributed by atoms with Gasteiger partial charge in [0.2, 0.25) is 6.10 Å². The summed E-state index contributed by atoms with van der Waals surface area (Å²) in [5.74, 6) is -1.41. The number of hydrogen-bond acceptors (Lipinski definition) is 13. The second kappa shape index (κ2) is 11.9. The average Bonchev–Trinajstić information content (AvgIpc) is 3.26. The molecule has 1 aromatic carbocycles. The zero-order chi connectivity index (χ0) is 35.6. The van der Waals surface area contributed by atoms with Crippen LogP contribution in [0.15, 0.2) is 24.0 Å². The summed E-state index contributed by atoms with van der Waals surface area (Å²) in [6, 6.07) is 3.21. The van der Waals surface area contributed by atoms with Crippen molar-refractivity contribution in [2.75, 3.05) is 13.6 Å². The van der Waals surface area contributed by atoms with E-state index in [1.807, 2.05) is 13.1 Å². The van der Waals surface area contributed by atoms with Crippen LogP contribution in [0.3, 0.4) is 0 Å². The number of likely N-dealkylation sites (tertiary alicyclic amines) is 1. The number of benzene rings is 1. The second-order valence-corrected chi connectivity index (χ2v) is 15.9. The number of rotatable bonds is 6. The molecule has 1 N–H and O–H groups in total. The third-order valence-electron chi connectivity index (χ3n) is 8.80. The Morgan fingerprint density at radius 2 is 1.56 bits per heavy atom. The Balaban J connectivity index is 1.49. The van der Waals surface area contributed by atoms with Gasteiger partial charge < -0.3 is 43.2 Å². The average molecular weight is 674 g/mol. The van der Waals surface area contributed by atoms with Gasteiger partial charge in [0, 0.05) is 18.0 Å². The molecule has 2 aliphatic carbocycles. The van der Waals surface area contributed by atoms with E-state index in [1.54, 1.807) is 74.5 Å². The number of carbonyl (C=O) groups is 4. The third-order valence-corrected chi connectivity index (χ3v) is 8.80. The highest BCUT2D eigenvalue weighted by Gasteiger charge is 2.72. The van der Waals surface area contributed by atoms with Crippen LogP contribution in [-0.2, 0) is 45.1 Å². The van der Waals surface area contributed by atoms with Gasteiger partial charge in [-0.1, -0.05) is 6.07 Å². The van der Waals surface area contributed by atoms with E-state index >= 15 is 0 Å². The summed E-state index contributed by atoms with van der Waals surface area (Å²) < 4.78 is 39.4. The van der Waals surface area contributed by atoms with E-state index in [1.165, 1.54) is 0 Å². The Kier molecular flexibility index (Phi) is 8.82. The number of likely N-dealkylation sites (N-methyl/N-ethyl adjacent to an activating group) is 1. The molecule has 5 atom stereocenters. The smallest absolute Gasteiger partial charge is 0.477 e. The van der Waals surface area contributed by atoms with E-state index in [2.05, 4.69) is 4.90 Å². The molecule has 1 saturated heterocycles. The van der Waals surface area contributed by atoms with Gasteiger partial charge in [-0.15, -0.1) is 0 Å². The summed E-state index contributed by atoms with van der Waals surface area (Å²) in [6.07, 6.45) is -2.79. The normalized spacial score (nSPS) is 26.6. The first kappa shape index (κ1) is 35.5. The molecule has 264 valence electrons. The molecule has 2 heterocycles. The highest BCUT2D eigenvalue weighted by molar-refractivity contribution is 5.84. The molecule has 0 amide bonds. The van der Waals surface area contributed by atoms with Gasteiger partial charge in [-0.05, 0) is 106 Å². The molecule has 5 rings (SSSR count). The van der Waals surface area contributed by atoms with Crippen LogP contribution in [0.5, 0.6) is 11.5 Å². The Morgan fingerprint density at radius 3 is 2.19 bits per heavy atom. The lowest BCUT2D eigenvalue weighted by Crippen LogP contribution is -2.74. The van der Waals surface area contributed by atoms with Crippen molar-refractivity contribution in [2.45, 2.75) is 134 Å². The maximum Gasteiger partial charge on any atom is 0.514 e. The van der Waals surface area contributed by atoms with Crippen molar-refractivity contribution in [3.05, 3.63) is 35.1 Å². The minimum Gasteiger partial charge on any atom is -0.477 e. The van der Waals surface area contributed by atoms with Gasteiger partial charge >= 0.3 is 24.2 Å². The number of ether oxygens (including phenoxy) is 7. The molecule has 0 aromatic heterocycles. The fourth-order valence-corrected chi connectivity index (χ4v) is 7.15. The van der Waals surface area contributed by atoms with Crippen LogP contribution < -0.4 is 9.47 Å². The van der Waals surface area contributed by atoms with E-state index in [0.29, 0.717) is 24.9 Å². The van der Waals surface area contributed by atoms with Crippen LogP contribution in [0, 0.1) is 0 Å². The molecule has 1 aromatic rings. The fourth-order valence-electron chi connectivity index (χ4n) is 7.15. The summed E-state index contributed by atoms with van der Waals surface area (Å²) in [7, 11) is 1.96. The summed E-state index contributed by atoms with van der Waals surface area (Å²) in [6.45, 7) is 15.7. The SMILES string of the molecule is CN1CC[C@]23c4c5ccc(OC(=O)OC(C)(C)C)c4O[C@H]2C(OC(=O)[C@H](CC(=O)OC(C)(C)C)OC(=O)OC(C)(C)C)=CC[C@@]3(O)[C@H]1C5. The van der Waals surface area contributed by atoms with E-state index in [0.717, 1.165) is 5.56 Å². The summed E-state index contributed by atoms with van der Waals surface area (Å²) in [5, 5.41) is 12.5. The third kappa shape index (κ3) is 6.71. The number of carbonyl (C=O) groups excluding carboxylic acids is 4. The quantitative estimate of drug-likeness (QED) is 0.248. The molecule has 4 aliphatic rings. The van der Waals surface area contributed by atoms with Crippen LogP contribution in [0.2, 0.25) is 0 Å². The molecule has 0 saturated carbocycles. The van der Waals surface area contributed by atoms with Gasteiger partial charge in [0.25, 0.3) is 0 Å². The molecular weight excluding hydrogens is 626 g/mol. The largest absolute Gasteiger partial charge is 0.514 e. The van der Waals surface area contributed by atoms with Crippen molar-refractivity contribution in [3.8, 4) is 11.5 Å². The number of piperidine rings is 1. The molecule has 2 aliphatic heterocycles. The van der Waals surface area contributed by atoms with Gasteiger partial charge in [-0.25, -0.2) is 14.4 Å². The van der Waals surface area contributed by atoms with E-state index in [4.69, 9.17) is 33.2 Å². The highest BCUT2D eigenvalue weighted by Crippen LogP contribution is 2.65. The molecule has 0 unspecified atom stereocenters. The predicted molar refractivity (Wildman–Crippen MR) is 169 cm³/mol. The Bertz CT molecular complexity index is 1500. The molecule has 48 heavy (non-hydrogen) atoms. The molecule has 13 nitrogen and oxygen atoms in total.